The zero-order chi connectivity index (χ0) is 8.70. The van der Waals surface area contributed by atoms with E-state index < -0.39 is 0 Å². The summed E-state index contributed by atoms with van der Waals surface area (Å²) in [6, 6.07) is 0. The van der Waals surface area contributed by atoms with E-state index in [-0.39, 0.29) is 10.8 Å². The normalized spacial score (nSPS) is 35.6. The second kappa shape index (κ2) is 2.33. The van der Waals surface area contributed by atoms with Gasteiger partial charge in [-0.15, -0.1) is 0 Å². The molecule has 0 radical (unpaired) electrons. The van der Waals surface area contributed by atoms with E-state index >= 15 is 0 Å². The van der Waals surface area contributed by atoms with E-state index in [2.05, 4.69) is 20.8 Å². The molecule has 1 saturated carbocycles. The van der Waals surface area contributed by atoms with Gasteiger partial charge in [0, 0.05) is 5.41 Å². The molecule has 1 unspecified atom stereocenters. The molecule has 0 bridgehead atoms. The molecule has 1 nitrogen and oxygen atoms in total. The van der Waals surface area contributed by atoms with Crippen molar-refractivity contribution in [2.24, 2.45) is 10.8 Å². The quantitative estimate of drug-likeness (QED) is 0.567. The van der Waals surface area contributed by atoms with Gasteiger partial charge in [0.1, 0.15) is 5.78 Å². The van der Waals surface area contributed by atoms with Gasteiger partial charge in [0.2, 0.25) is 0 Å². The van der Waals surface area contributed by atoms with Crippen molar-refractivity contribution in [2.75, 3.05) is 0 Å². The van der Waals surface area contributed by atoms with Gasteiger partial charge in [-0.3, -0.25) is 4.79 Å². The Labute approximate surface area is 69.2 Å². The third-order valence-electron chi connectivity index (χ3n) is 3.75. The highest BCUT2D eigenvalue weighted by Crippen LogP contribution is 2.52. The van der Waals surface area contributed by atoms with Gasteiger partial charge in [0.05, 0.1) is 0 Å². The number of ketones is 1. The van der Waals surface area contributed by atoms with Crippen molar-refractivity contribution in [3.63, 3.8) is 0 Å². The Morgan fingerprint density at radius 2 is 1.73 bits per heavy atom. The lowest BCUT2D eigenvalue weighted by Crippen LogP contribution is -2.35. The van der Waals surface area contributed by atoms with Gasteiger partial charge < -0.3 is 0 Å². The lowest BCUT2D eigenvalue weighted by Gasteiger charge is -2.35. The van der Waals surface area contributed by atoms with Crippen LogP contribution in [-0.2, 0) is 4.79 Å². The maximum atomic E-state index is 11.4. The van der Waals surface area contributed by atoms with Crippen LogP contribution in [0.3, 0.4) is 0 Å². The lowest BCUT2D eigenvalue weighted by molar-refractivity contribution is -0.130. The molecule has 0 heterocycles. The van der Waals surface area contributed by atoms with Crippen molar-refractivity contribution in [1.29, 1.82) is 0 Å². The van der Waals surface area contributed by atoms with Crippen molar-refractivity contribution >= 4 is 5.78 Å². The van der Waals surface area contributed by atoms with Gasteiger partial charge in [-0.1, -0.05) is 27.2 Å². The third kappa shape index (κ3) is 1.11. The summed E-state index contributed by atoms with van der Waals surface area (Å²) in [7, 11) is 0. The fourth-order valence-corrected chi connectivity index (χ4v) is 2.15. The first-order chi connectivity index (χ1) is 4.90. The van der Waals surface area contributed by atoms with Gasteiger partial charge in [-0.05, 0) is 25.2 Å². The average molecular weight is 154 g/mol. The molecule has 0 N–H and O–H groups in total. The molecule has 1 aliphatic rings. The van der Waals surface area contributed by atoms with Crippen LogP contribution in [0.25, 0.3) is 0 Å². The summed E-state index contributed by atoms with van der Waals surface area (Å²) in [6.07, 6.45) is 3.49. The molecule has 1 atom stereocenters. The molecule has 1 fully saturated rings. The molecule has 0 amide bonds. The molecule has 0 aromatic rings. The molecular formula is C10H18O. The van der Waals surface area contributed by atoms with Crippen LogP contribution in [0.5, 0.6) is 0 Å². The number of hydrogen-bond donors (Lipinski definition) is 0. The van der Waals surface area contributed by atoms with E-state index in [9.17, 15) is 4.79 Å². The molecule has 0 aromatic carbocycles. The van der Waals surface area contributed by atoms with Crippen LogP contribution in [0.1, 0.15) is 47.0 Å². The van der Waals surface area contributed by atoms with E-state index in [1.54, 1.807) is 6.92 Å². The number of rotatable bonds is 1. The number of carbonyl (C=O) groups excluding carboxylic acids is 1. The molecule has 0 aromatic heterocycles. The minimum Gasteiger partial charge on any atom is -0.299 e. The van der Waals surface area contributed by atoms with Gasteiger partial charge >= 0.3 is 0 Å². The zero-order valence-electron chi connectivity index (χ0n) is 8.03. The standard InChI is InChI=1S/C10H18O/c1-8(11)10(4)7-5-6-9(10,2)3/h5-7H2,1-4H3. The van der Waals surface area contributed by atoms with E-state index in [4.69, 9.17) is 0 Å². The summed E-state index contributed by atoms with van der Waals surface area (Å²) in [5.74, 6) is 0.361. The molecule has 1 heteroatoms. The number of Topliss-reactive ketones (excluding diaryl/α,β-unsaturated/α-hetero) is 1. The second-order valence-electron chi connectivity index (χ2n) is 4.63. The number of hydrogen-bond acceptors (Lipinski definition) is 1. The van der Waals surface area contributed by atoms with Crippen molar-refractivity contribution in [3.05, 3.63) is 0 Å². The summed E-state index contributed by atoms with van der Waals surface area (Å²) in [6.45, 7) is 8.26. The highest BCUT2D eigenvalue weighted by atomic mass is 16.1. The van der Waals surface area contributed by atoms with Crippen molar-refractivity contribution in [2.45, 2.75) is 47.0 Å². The molecule has 11 heavy (non-hydrogen) atoms. The Kier molecular flexibility index (Phi) is 1.85. The highest BCUT2D eigenvalue weighted by molar-refractivity contribution is 5.83. The van der Waals surface area contributed by atoms with Crippen LogP contribution in [0.4, 0.5) is 0 Å². The first-order valence-electron chi connectivity index (χ1n) is 4.41. The highest BCUT2D eigenvalue weighted by Gasteiger charge is 2.48. The van der Waals surface area contributed by atoms with Gasteiger partial charge in [0.25, 0.3) is 0 Å². The van der Waals surface area contributed by atoms with Crippen LogP contribution in [0.15, 0.2) is 0 Å². The molecular weight excluding hydrogens is 136 g/mol. The van der Waals surface area contributed by atoms with E-state index in [1.165, 1.54) is 12.8 Å². The monoisotopic (exact) mass is 154 g/mol. The summed E-state index contributed by atoms with van der Waals surface area (Å²) in [4.78, 5) is 11.4. The first kappa shape index (κ1) is 8.76. The topological polar surface area (TPSA) is 17.1 Å². The van der Waals surface area contributed by atoms with E-state index in [0.717, 1.165) is 6.42 Å². The van der Waals surface area contributed by atoms with E-state index in [1.807, 2.05) is 0 Å². The smallest absolute Gasteiger partial charge is 0.136 e. The summed E-state index contributed by atoms with van der Waals surface area (Å²) >= 11 is 0. The van der Waals surface area contributed by atoms with Crippen molar-refractivity contribution < 1.29 is 4.79 Å². The first-order valence-corrected chi connectivity index (χ1v) is 4.41. The van der Waals surface area contributed by atoms with Crippen molar-refractivity contribution in [1.82, 2.24) is 0 Å². The fraction of sp³-hybridized carbons (Fsp3) is 0.900. The van der Waals surface area contributed by atoms with Crippen LogP contribution >= 0.6 is 0 Å². The molecule has 0 saturated heterocycles. The molecule has 64 valence electrons. The molecule has 0 spiro atoms. The minimum atomic E-state index is -0.0486. The van der Waals surface area contributed by atoms with Gasteiger partial charge in [0.15, 0.2) is 0 Å². The molecule has 0 aliphatic heterocycles. The second-order valence-corrected chi connectivity index (χ2v) is 4.63. The Morgan fingerprint density at radius 3 is 1.91 bits per heavy atom. The summed E-state index contributed by atoms with van der Waals surface area (Å²) in [5, 5.41) is 0. The summed E-state index contributed by atoms with van der Waals surface area (Å²) in [5.41, 5.74) is 0.172. The molecule has 1 rings (SSSR count). The van der Waals surface area contributed by atoms with Crippen LogP contribution in [0.2, 0.25) is 0 Å². The fourth-order valence-electron chi connectivity index (χ4n) is 2.15. The average Bonchev–Trinajstić information content (AvgIpc) is 2.09. The van der Waals surface area contributed by atoms with E-state index in [0.29, 0.717) is 5.78 Å². The Bertz CT molecular complexity index is 181. The lowest BCUT2D eigenvalue weighted by atomic mass is 9.67. The Hall–Kier alpha value is -0.330. The number of carbonyl (C=O) groups is 1. The predicted octanol–water partition coefficient (Wildman–Crippen LogP) is 2.79. The predicted molar refractivity (Wildman–Crippen MR) is 46.4 cm³/mol. The largest absolute Gasteiger partial charge is 0.299 e. The molecule has 1 aliphatic carbocycles. The maximum Gasteiger partial charge on any atom is 0.136 e. The Morgan fingerprint density at radius 1 is 1.18 bits per heavy atom. The zero-order valence-corrected chi connectivity index (χ0v) is 8.03. The van der Waals surface area contributed by atoms with Crippen LogP contribution < -0.4 is 0 Å². The minimum absolute atomic E-state index is 0.0486. The Balaban J connectivity index is 2.93. The van der Waals surface area contributed by atoms with Crippen LogP contribution in [0, 0.1) is 10.8 Å². The SMILES string of the molecule is CC(=O)C1(C)CCCC1(C)C. The third-order valence-corrected chi connectivity index (χ3v) is 3.75. The van der Waals surface area contributed by atoms with Gasteiger partial charge in [-0.25, -0.2) is 0 Å². The van der Waals surface area contributed by atoms with Crippen LogP contribution in [-0.4, -0.2) is 5.78 Å². The summed E-state index contributed by atoms with van der Waals surface area (Å²) < 4.78 is 0. The maximum absolute atomic E-state index is 11.4. The van der Waals surface area contributed by atoms with Crippen molar-refractivity contribution in [3.8, 4) is 0 Å². The van der Waals surface area contributed by atoms with Gasteiger partial charge in [-0.2, -0.15) is 0 Å².